The summed E-state index contributed by atoms with van der Waals surface area (Å²) in [4.78, 5) is 20.4. The second-order valence-corrected chi connectivity index (χ2v) is 7.97. The SMILES string of the molecule is CCCCOC(=O)c1cnc(/C=C(C)/C=C/C2=C(C)CCCC2(C)C)cn1. The van der Waals surface area contributed by atoms with E-state index in [9.17, 15) is 4.79 Å². The quantitative estimate of drug-likeness (QED) is 0.340. The van der Waals surface area contributed by atoms with E-state index in [0.717, 1.165) is 24.1 Å². The number of unbranched alkanes of at least 4 members (excludes halogenated alkanes) is 1. The van der Waals surface area contributed by atoms with Gasteiger partial charge in [-0.15, -0.1) is 0 Å². The zero-order valence-electron chi connectivity index (χ0n) is 17.3. The molecule has 1 aliphatic rings. The maximum Gasteiger partial charge on any atom is 0.358 e. The van der Waals surface area contributed by atoms with Crippen LogP contribution in [0.15, 0.2) is 41.3 Å². The Bertz CT molecular complexity index is 740. The molecule has 2 rings (SSSR count). The van der Waals surface area contributed by atoms with E-state index in [1.165, 1.54) is 36.6 Å². The fraction of sp³-hybridized carbons (Fsp3) is 0.522. The molecular formula is C23H32N2O2. The van der Waals surface area contributed by atoms with Crippen LogP contribution in [-0.2, 0) is 4.74 Å². The number of hydrogen-bond donors (Lipinski definition) is 0. The molecule has 0 unspecified atom stereocenters. The molecule has 1 heterocycles. The van der Waals surface area contributed by atoms with Gasteiger partial charge in [0.1, 0.15) is 0 Å². The minimum Gasteiger partial charge on any atom is -0.461 e. The number of carbonyl (C=O) groups excluding carboxylic acids is 1. The van der Waals surface area contributed by atoms with Gasteiger partial charge in [-0.25, -0.2) is 9.78 Å². The summed E-state index contributed by atoms with van der Waals surface area (Å²) in [6, 6.07) is 0. The highest BCUT2D eigenvalue weighted by atomic mass is 16.5. The van der Waals surface area contributed by atoms with Gasteiger partial charge < -0.3 is 4.74 Å². The van der Waals surface area contributed by atoms with E-state index in [-0.39, 0.29) is 11.1 Å². The van der Waals surface area contributed by atoms with Gasteiger partial charge in [-0.3, -0.25) is 4.98 Å². The first-order valence-electron chi connectivity index (χ1n) is 9.89. The van der Waals surface area contributed by atoms with Gasteiger partial charge in [-0.1, -0.05) is 44.9 Å². The largest absolute Gasteiger partial charge is 0.461 e. The zero-order valence-corrected chi connectivity index (χ0v) is 17.3. The molecule has 0 saturated carbocycles. The molecule has 0 spiro atoms. The zero-order chi connectivity index (χ0) is 19.9. The molecule has 0 radical (unpaired) electrons. The van der Waals surface area contributed by atoms with E-state index in [2.05, 4.69) is 56.7 Å². The van der Waals surface area contributed by atoms with Gasteiger partial charge in [0.05, 0.1) is 24.7 Å². The molecule has 146 valence electrons. The third-order valence-corrected chi connectivity index (χ3v) is 5.04. The molecule has 0 fully saturated rings. The summed E-state index contributed by atoms with van der Waals surface area (Å²) < 4.78 is 5.15. The fourth-order valence-electron chi connectivity index (χ4n) is 3.41. The molecule has 0 amide bonds. The lowest BCUT2D eigenvalue weighted by atomic mass is 9.72. The smallest absolute Gasteiger partial charge is 0.358 e. The maximum atomic E-state index is 11.9. The van der Waals surface area contributed by atoms with Crippen molar-refractivity contribution in [2.45, 2.75) is 66.7 Å². The number of ether oxygens (including phenoxy) is 1. The molecule has 4 nitrogen and oxygen atoms in total. The summed E-state index contributed by atoms with van der Waals surface area (Å²) in [6.07, 6.45) is 15.0. The van der Waals surface area contributed by atoms with Crippen LogP contribution < -0.4 is 0 Å². The van der Waals surface area contributed by atoms with Crippen molar-refractivity contribution in [2.75, 3.05) is 6.61 Å². The van der Waals surface area contributed by atoms with Gasteiger partial charge in [-0.2, -0.15) is 0 Å². The van der Waals surface area contributed by atoms with Gasteiger partial charge >= 0.3 is 5.97 Å². The second kappa shape index (κ2) is 9.63. The summed E-state index contributed by atoms with van der Waals surface area (Å²) in [5, 5.41) is 0. The van der Waals surface area contributed by atoms with Crippen LogP contribution in [0.1, 0.15) is 82.9 Å². The number of carbonyl (C=O) groups is 1. The highest BCUT2D eigenvalue weighted by Gasteiger charge is 2.26. The van der Waals surface area contributed by atoms with Crippen LogP contribution in [0.2, 0.25) is 0 Å². The Kier molecular flexibility index (Phi) is 7.52. The lowest BCUT2D eigenvalue weighted by Crippen LogP contribution is -2.19. The van der Waals surface area contributed by atoms with Crippen molar-refractivity contribution in [1.29, 1.82) is 0 Å². The molecule has 27 heavy (non-hydrogen) atoms. The van der Waals surface area contributed by atoms with Gasteiger partial charge in [-0.05, 0) is 62.2 Å². The van der Waals surface area contributed by atoms with Crippen molar-refractivity contribution in [1.82, 2.24) is 9.97 Å². The maximum absolute atomic E-state index is 11.9. The summed E-state index contributed by atoms with van der Waals surface area (Å²) in [6.45, 7) is 11.4. The van der Waals surface area contributed by atoms with Gasteiger partial charge in [0.15, 0.2) is 5.69 Å². The summed E-state index contributed by atoms with van der Waals surface area (Å²) in [7, 11) is 0. The Morgan fingerprint density at radius 3 is 2.70 bits per heavy atom. The summed E-state index contributed by atoms with van der Waals surface area (Å²) in [5.41, 5.74) is 5.25. The van der Waals surface area contributed by atoms with Crippen LogP contribution in [0.3, 0.4) is 0 Å². The lowest BCUT2D eigenvalue weighted by Gasteiger charge is -2.32. The van der Waals surface area contributed by atoms with Crippen molar-refractivity contribution < 1.29 is 9.53 Å². The van der Waals surface area contributed by atoms with Crippen LogP contribution in [0.25, 0.3) is 6.08 Å². The van der Waals surface area contributed by atoms with E-state index < -0.39 is 5.97 Å². The molecule has 0 saturated heterocycles. The van der Waals surface area contributed by atoms with Gasteiger partial charge in [0.25, 0.3) is 0 Å². The highest BCUT2D eigenvalue weighted by molar-refractivity contribution is 5.86. The Morgan fingerprint density at radius 1 is 1.30 bits per heavy atom. The molecule has 4 heteroatoms. The number of hydrogen-bond acceptors (Lipinski definition) is 4. The molecule has 0 aliphatic heterocycles. The Hall–Kier alpha value is -2.23. The molecule has 1 aromatic heterocycles. The second-order valence-electron chi connectivity index (χ2n) is 7.97. The normalized spacial score (nSPS) is 17.4. The van der Waals surface area contributed by atoms with Crippen molar-refractivity contribution in [2.24, 2.45) is 5.41 Å². The number of nitrogens with zero attached hydrogens (tertiary/aromatic N) is 2. The van der Waals surface area contributed by atoms with E-state index in [1.54, 1.807) is 6.20 Å². The van der Waals surface area contributed by atoms with E-state index in [1.807, 2.05) is 6.08 Å². The Balaban J connectivity index is 2.04. The number of rotatable bonds is 7. The monoisotopic (exact) mass is 368 g/mol. The topological polar surface area (TPSA) is 52.1 Å². The minimum absolute atomic E-state index is 0.235. The molecule has 0 bridgehead atoms. The van der Waals surface area contributed by atoms with Crippen LogP contribution in [0.4, 0.5) is 0 Å². The Labute approximate surface area is 163 Å². The molecule has 1 aromatic rings. The molecular weight excluding hydrogens is 336 g/mol. The van der Waals surface area contributed by atoms with Crippen LogP contribution in [-0.4, -0.2) is 22.5 Å². The summed E-state index contributed by atoms with van der Waals surface area (Å²) in [5.74, 6) is -0.412. The van der Waals surface area contributed by atoms with Crippen molar-refractivity contribution in [3.63, 3.8) is 0 Å². The van der Waals surface area contributed by atoms with E-state index >= 15 is 0 Å². The highest BCUT2D eigenvalue weighted by Crippen LogP contribution is 2.40. The van der Waals surface area contributed by atoms with Crippen LogP contribution in [0.5, 0.6) is 0 Å². The average molecular weight is 369 g/mol. The molecule has 0 N–H and O–H groups in total. The summed E-state index contributed by atoms with van der Waals surface area (Å²) >= 11 is 0. The average Bonchev–Trinajstić information content (AvgIpc) is 2.61. The Morgan fingerprint density at radius 2 is 2.07 bits per heavy atom. The van der Waals surface area contributed by atoms with Crippen LogP contribution >= 0.6 is 0 Å². The first-order valence-corrected chi connectivity index (χ1v) is 9.89. The van der Waals surface area contributed by atoms with E-state index in [4.69, 9.17) is 4.74 Å². The first kappa shape index (κ1) is 21.1. The first-order chi connectivity index (χ1) is 12.8. The van der Waals surface area contributed by atoms with E-state index in [0.29, 0.717) is 6.61 Å². The van der Waals surface area contributed by atoms with Crippen LogP contribution in [0, 0.1) is 5.41 Å². The standard InChI is InChI=1S/C23H32N2O2/c1-6-7-13-27-22(26)21-16-24-19(15-25-21)14-17(2)10-11-20-18(3)9-8-12-23(20,4)5/h10-11,14-16H,6-9,12-13H2,1-5H3/b11-10+,17-14+. The molecule has 0 atom stereocenters. The van der Waals surface area contributed by atoms with Gasteiger partial charge in [0.2, 0.25) is 0 Å². The van der Waals surface area contributed by atoms with Gasteiger partial charge in [0, 0.05) is 0 Å². The number of esters is 1. The predicted octanol–water partition coefficient (Wildman–Crippen LogP) is 5.92. The number of allylic oxidation sites excluding steroid dienone is 5. The minimum atomic E-state index is -0.412. The van der Waals surface area contributed by atoms with Crippen molar-refractivity contribution in [3.8, 4) is 0 Å². The molecule has 0 aromatic carbocycles. The fourth-order valence-corrected chi connectivity index (χ4v) is 3.41. The third-order valence-electron chi connectivity index (χ3n) is 5.04. The predicted molar refractivity (Wildman–Crippen MR) is 110 cm³/mol. The van der Waals surface area contributed by atoms with Crippen molar-refractivity contribution in [3.05, 3.63) is 52.7 Å². The third kappa shape index (κ3) is 6.16. The molecule has 1 aliphatic carbocycles. The lowest BCUT2D eigenvalue weighted by molar-refractivity contribution is 0.0492. The van der Waals surface area contributed by atoms with Crippen molar-refractivity contribution >= 4 is 12.0 Å². The number of aromatic nitrogens is 2.